The first-order valence-electron chi connectivity index (χ1n) is 3.09. The van der Waals surface area contributed by atoms with E-state index in [1.807, 2.05) is 0 Å². The quantitative estimate of drug-likeness (QED) is 0.531. The Morgan fingerprint density at radius 2 is 2.25 bits per heavy atom. The molecule has 1 aliphatic rings. The van der Waals surface area contributed by atoms with E-state index in [1.54, 1.807) is 0 Å². The van der Waals surface area contributed by atoms with Crippen LogP contribution < -0.4 is 0 Å². The minimum atomic E-state index is 0.396. The number of alkyl halides is 1. The van der Waals surface area contributed by atoms with Gasteiger partial charge in [-0.2, -0.15) is 0 Å². The average molecular weight is 226 g/mol. The Morgan fingerprint density at radius 1 is 1.50 bits per heavy atom. The van der Waals surface area contributed by atoms with E-state index in [4.69, 9.17) is 5.11 Å². The fourth-order valence-corrected chi connectivity index (χ4v) is 2.22. The molecule has 0 aliphatic heterocycles. The molecular weight excluding hydrogens is 215 g/mol. The predicted octanol–water partition coefficient (Wildman–Crippen LogP) is 1.58. The van der Waals surface area contributed by atoms with Crippen molar-refractivity contribution < 1.29 is 5.11 Å². The van der Waals surface area contributed by atoms with E-state index in [-0.39, 0.29) is 0 Å². The second-order valence-electron chi connectivity index (χ2n) is 2.39. The summed E-state index contributed by atoms with van der Waals surface area (Å²) in [4.78, 5) is 0. The number of rotatable bonds is 1. The van der Waals surface area contributed by atoms with E-state index < -0.39 is 0 Å². The normalized spacial score (nSPS) is 38.2. The Balaban J connectivity index is 2.30. The van der Waals surface area contributed by atoms with Crippen LogP contribution in [0.3, 0.4) is 0 Å². The van der Waals surface area contributed by atoms with E-state index in [0.717, 1.165) is 3.92 Å². The standard InChI is InChI=1S/C6H11IO/c7-6-3-1-2-5(6)4-8/h5-6,8H,1-4H2/t5-,6+/m1/s1. The van der Waals surface area contributed by atoms with Crippen molar-refractivity contribution >= 4 is 22.6 Å². The average Bonchev–Trinajstić information content (AvgIpc) is 2.14. The summed E-state index contributed by atoms with van der Waals surface area (Å²) in [6.07, 6.45) is 3.87. The molecule has 1 rings (SSSR count). The van der Waals surface area contributed by atoms with Gasteiger partial charge in [0.2, 0.25) is 0 Å². The van der Waals surface area contributed by atoms with Crippen molar-refractivity contribution in [2.45, 2.75) is 23.2 Å². The van der Waals surface area contributed by atoms with Crippen molar-refractivity contribution in [1.82, 2.24) is 0 Å². The SMILES string of the molecule is OC[C@H]1CCC[C@@H]1I. The van der Waals surface area contributed by atoms with Crippen molar-refractivity contribution in [3.63, 3.8) is 0 Å². The fraction of sp³-hybridized carbons (Fsp3) is 1.00. The Labute approximate surface area is 63.6 Å². The van der Waals surface area contributed by atoms with Gasteiger partial charge in [-0.1, -0.05) is 29.0 Å². The lowest BCUT2D eigenvalue weighted by Gasteiger charge is -2.07. The second kappa shape index (κ2) is 3.01. The van der Waals surface area contributed by atoms with Crippen molar-refractivity contribution in [3.8, 4) is 0 Å². The van der Waals surface area contributed by atoms with Crippen LogP contribution in [-0.2, 0) is 0 Å². The molecule has 1 fully saturated rings. The van der Waals surface area contributed by atoms with Crippen LogP contribution in [0.5, 0.6) is 0 Å². The van der Waals surface area contributed by atoms with Gasteiger partial charge in [0.25, 0.3) is 0 Å². The maximum Gasteiger partial charge on any atom is 0.0469 e. The minimum absolute atomic E-state index is 0.396. The Kier molecular flexibility index (Phi) is 2.56. The summed E-state index contributed by atoms with van der Waals surface area (Å²) in [5.41, 5.74) is 0. The van der Waals surface area contributed by atoms with Crippen molar-refractivity contribution in [2.75, 3.05) is 6.61 Å². The molecule has 0 heterocycles. The molecule has 0 aromatic heterocycles. The third kappa shape index (κ3) is 1.35. The van der Waals surface area contributed by atoms with E-state index in [1.165, 1.54) is 19.3 Å². The van der Waals surface area contributed by atoms with Crippen molar-refractivity contribution in [2.24, 2.45) is 5.92 Å². The number of aliphatic hydroxyl groups is 1. The van der Waals surface area contributed by atoms with Gasteiger partial charge < -0.3 is 5.11 Å². The van der Waals surface area contributed by atoms with Crippen LogP contribution in [-0.4, -0.2) is 15.6 Å². The van der Waals surface area contributed by atoms with E-state index in [2.05, 4.69) is 22.6 Å². The van der Waals surface area contributed by atoms with Gasteiger partial charge in [0.1, 0.15) is 0 Å². The molecule has 1 saturated carbocycles. The molecule has 0 unspecified atom stereocenters. The van der Waals surface area contributed by atoms with Gasteiger partial charge in [-0.05, 0) is 18.8 Å². The summed E-state index contributed by atoms with van der Waals surface area (Å²) < 4.78 is 0.748. The lowest BCUT2D eigenvalue weighted by Crippen LogP contribution is -2.10. The molecule has 0 bridgehead atoms. The molecule has 0 aromatic carbocycles. The van der Waals surface area contributed by atoms with Crippen LogP contribution in [0.2, 0.25) is 0 Å². The van der Waals surface area contributed by atoms with Crippen molar-refractivity contribution in [1.29, 1.82) is 0 Å². The van der Waals surface area contributed by atoms with Gasteiger partial charge in [-0.3, -0.25) is 0 Å². The molecule has 2 atom stereocenters. The van der Waals surface area contributed by atoms with E-state index in [0.29, 0.717) is 12.5 Å². The third-order valence-electron chi connectivity index (χ3n) is 1.80. The summed E-state index contributed by atoms with van der Waals surface area (Å²) in [7, 11) is 0. The highest BCUT2D eigenvalue weighted by Gasteiger charge is 2.23. The molecule has 0 saturated heterocycles. The Hall–Kier alpha value is 0.690. The zero-order valence-corrected chi connectivity index (χ0v) is 6.97. The Morgan fingerprint density at radius 3 is 2.50 bits per heavy atom. The molecule has 1 nitrogen and oxygen atoms in total. The lowest BCUT2D eigenvalue weighted by atomic mass is 10.1. The van der Waals surface area contributed by atoms with Gasteiger partial charge in [-0.25, -0.2) is 0 Å². The molecule has 1 N–H and O–H groups in total. The second-order valence-corrected chi connectivity index (χ2v) is 3.99. The van der Waals surface area contributed by atoms with E-state index >= 15 is 0 Å². The molecule has 8 heavy (non-hydrogen) atoms. The van der Waals surface area contributed by atoms with Crippen LogP contribution in [0.4, 0.5) is 0 Å². The van der Waals surface area contributed by atoms with Gasteiger partial charge in [0.05, 0.1) is 0 Å². The highest BCUT2D eigenvalue weighted by atomic mass is 127. The molecule has 0 amide bonds. The Bertz CT molecular complexity index is 74.9. The maximum absolute atomic E-state index is 8.73. The topological polar surface area (TPSA) is 20.2 Å². The summed E-state index contributed by atoms with van der Waals surface area (Å²) >= 11 is 2.43. The highest BCUT2D eigenvalue weighted by molar-refractivity contribution is 14.1. The summed E-state index contributed by atoms with van der Waals surface area (Å²) in [5, 5.41) is 8.73. The van der Waals surface area contributed by atoms with Gasteiger partial charge in [0, 0.05) is 10.5 Å². The van der Waals surface area contributed by atoms with Crippen LogP contribution in [0.15, 0.2) is 0 Å². The van der Waals surface area contributed by atoms with Gasteiger partial charge in [0.15, 0.2) is 0 Å². The first-order chi connectivity index (χ1) is 3.84. The largest absolute Gasteiger partial charge is 0.396 e. The van der Waals surface area contributed by atoms with Crippen LogP contribution in [0.1, 0.15) is 19.3 Å². The number of aliphatic hydroxyl groups excluding tert-OH is 1. The summed E-state index contributed by atoms with van der Waals surface area (Å²) in [6, 6.07) is 0. The van der Waals surface area contributed by atoms with Crippen molar-refractivity contribution in [3.05, 3.63) is 0 Å². The first kappa shape index (κ1) is 6.81. The molecule has 0 spiro atoms. The fourth-order valence-electron chi connectivity index (χ4n) is 1.20. The summed E-state index contributed by atoms with van der Waals surface area (Å²) in [5.74, 6) is 0.607. The molecule has 0 radical (unpaired) electrons. The summed E-state index contributed by atoms with van der Waals surface area (Å²) in [6.45, 7) is 0.396. The van der Waals surface area contributed by atoms with Crippen LogP contribution in [0, 0.1) is 5.92 Å². The molecule has 0 aromatic rings. The zero-order chi connectivity index (χ0) is 5.98. The smallest absolute Gasteiger partial charge is 0.0469 e. The van der Waals surface area contributed by atoms with Crippen LogP contribution >= 0.6 is 22.6 Å². The monoisotopic (exact) mass is 226 g/mol. The zero-order valence-electron chi connectivity index (χ0n) is 4.81. The van der Waals surface area contributed by atoms with E-state index in [9.17, 15) is 0 Å². The van der Waals surface area contributed by atoms with Gasteiger partial charge in [-0.15, -0.1) is 0 Å². The molecule has 48 valence electrons. The third-order valence-corrected chi connectivity index (χ3v) is 3.44. The predicted molar refractivity (Wildman–Crippen MR) is 42.2 cm³/mol. The lowest BCUT2D eigenvalue weighted by molar-refractivity contribution is 0.235. The highest BCUT2D eigenvalue weighted by Crippen LogP contribution is 2.30. The number of halogens is 1. The van der Waals surface area contributed by atoms with Crippen LogP contribution in [0.25, 0.3) is 0 Å². The number of hydrogen-bond acceptors (Lipinski definition) is 1. The molecule has 1 aliphatic carbocycles. The molecule has 2 heteroatoms. The first-order valence-corrected chi connectivity index (χ1v) is 4.34. The minimum Gasteiger partial charge on any atom is -0.396 e. The maximum atomic E-state index is 8.73. The number of hydrogen-bond donors (Lipinski definition) is 1. The van der Waals surface area contributed by atoms with Gasteiger partial charge >= 0.3 is 0 Å². The molecular formula is C6H11IO.